The topological polar surface area (TPSA) is 79.1 Å². The Bertz CT molecular complexity index is 409. The zero-order valence-electron chi connectivity index (χ0n) is 6.29. The molecule has 2 N–H and O–H groups in total. The number of aromatic amines is 1. The van der Waals surface area contributed by atoms with Crippen molar-refractivity contribution in [2.24, 2.45) is 0 Å². The van der Waals surface area contributed by atoms with Crippen LogP contribution >= 0.6 is 0 Å². The van der Waals surface area contributed by atoms with Crippen LogP contribution in [0.2, 0.25) is 0 Å². The van der Waals surface area contributed by atoms with Crippen LogP contribution in [0.4, 0.5) is 0 Å². The number of carboxylic acid groups (broad SMARTS) is 1. The van der Waals surface area contributed by atoms with Gasteiger partial charge < -0.3 is 14.5 Å². The predicted molar refractivity (Wildman–Crippen MR) is 40.1 cm³/mol. The van der Waals surface area contributed by atoms with Crippen molar-refractivity contribution in [2.75, 3.05) is 0 Å². The Morgan fingerprint density at radius 2 is 2.50 bits per heavy atom. The van der Waals surface area contributed by atoms with E-state index >= 15 is 0 Å². The van der Waals surface area contributed by atoms with Crippen LogP contribution in [0.15, 0.2) is 10.5 Å². The van der Waals surface area contributed by atoms with Gasteiger partial charge in [-0.25, -0.2) is 4.79 Å². The largest absolute Gasteiger partial charge is 0.477 e. The van der Waals surface area contributed by atoms with E-state index in [0.717, 1.165) is 0 Å². The van der Waals surface area contributed by atoms with E-state index in [1.807, 2.05) is 0 Å². The van der Waals surface area contributed by atoms with Crippen LogP contribution in [-0.4, -0.2) is 21.0 Å². The zero-order chi connectivity index (χ0) is 8.72. The lowest BCUT2D eigenvalue weighted by atomic mass is 10.4. The summed E-state index contributed by atoms with van der Waals surface area (Å²) in [4.78, 5) is 17.0. The number of carbonyl (C=O) groups is 1. The van der Waals surface area contributed by atoms with Gasteiger partial charge in [0.25, 0.3) is 0 Å². The highest BCUT2D eigenvalue weighted by Gasteiger charge is 2.10. The van der Waals surface area contributed by atoms with Gasteiger partial charge in [-0.1, -0.05) is 0 Å². The SMILES string of the molecule is Cc1nc2[nH]c(C(=O)O)cc2o1. The van der Waals surface area contributed by atoms with E-state index in [-0.39, 0.29) is 5.69 Å². The molecular weight excluding hydrogens is 160 g/mol. The van der Waals surface area contributed by atoms with E-state index in [1.54, 1.807) is 6.92 Å². The Labute approximate surface area is 67.0 Å². The van der Waals surface area contributed by atoms with Crippen molar-refractivity contribution in [1.29, 1.82) is 0 Å². The van der Waals surface area contributed by atoms with Gasteiger partial charge in [-0.2, -0.15) is 4.98 Å². The van der Waals surface area contributed by atoms with E-state index in [1.165, 1.54) is 6.07 Å². The second-order valence-electron chi connectivity index (χ2n) is 2.43. The number of aromatic carboxylic acids is 1. The molecule has 0 aliphatic rings. The number of hydrogen-bond acceptors (Lipinski definition) is 3. The standard InChI is InChI=1S/C7H6N2O3/c1-3-8-6-5(12-3)2-4(9-6)7(10)11/h2,9H,1H3,(H,10,11). The molecule has 0 aliphatic heterocycles. The van der Waals surface area contributed by atoms with Crippen LogP contribution in [0.5, 0.6) is 0 Å². The van der Waals surface area contributed by atoms with Gasteiger partial charge in [-0.05, 0) is 0 Å². The first-order valence-electron chi connectivity index (χ1n) is 3.36. The van der Waals surface area contributed by atoms with Gasteiger partial charge in [0.2, 0.25) is 0 Å². The molecule has 5 heteroatoms. The summed E-state index contributed by atoms with van der Waals surface area (Å²) in [5, 5.41) is 8.57. The quantitative estimate of drug-likeness (QED) is 0.666. The second-order valence-corrected chi connectivity index (χ2v) is 2.43. The third-order valence-corrected chi connectivity index (χ3v) is 1.52. The summed E-state index contributed by atoms with van der Waals surface area (Å²) in [5.74, 6) is -0.492. The molecule has 0 radical (unpaired) electrons. The summed E-state index contributed by atoms with van der Waals surface area (Å²) in [6.45, 7) is 1.70. The number of aryl methyl sites for hydroxylation is 1. The Balaban J connectivity index is 2.64. The van der Waals surface area contributed by atoms with Crippen LogP contribution in [0.1, 0.15) is 16.4 Å². The van der Waals surface area contributed by atoms with Crippen molar-refractivity contribution < 1.29 is 14.3 Å². The first kappa shape index (κ1) is 6.90. The van der Waals surface area contributed by atoms with Gasteiger partial charge in [0, 0.05) is 13.0 Å². The number of fused-ring (bicyclic) bond motifs is 1. The van der Waals surface area contributed by atoms with Gasteiger partial charge in [0.15, 0.2) is 17.1 Å². The molecule has 5 nitrogen and oxygen atoms in total. The maximum absolute atomic E-state index is 10.5. The minimum absolute atomic E-state index is 0.0938. The third-order valence-electron chi connectivity index (χ3n) is 1.52. The zero-order valence-corrected chi connectivity index (χ0v) is 6.29. The Morgan fingerprint density at radius 1 is 1.75 bits per heavy atom. The van der Waals surface area contributed by atoms with Gasteiger partial charge in [-0.15, -0.1) is 0 Å². The van der Waals surface area contributed by atoms with Crippen LogP contribution in [0.3, 0.4) is 0 Å². The first-order chi connectivity index (χ1) is 5.66. The van der Waals surface area contributed by atoms with Crippen LogP contribution in [0, 0.1) is 6.92 Å². The number of oxazole rings is 1. The number of hydrogen-bond donors (Lipinski definition) is 2. The molecule has 2 aromatic heterocycles. The normalized spacial score (nSPS) is 10.8. The summed E-state index contributed by atoms with van der Waals surface area (Å²) in [5.41, 5.74) is 1.05. The van der Waals surface area contributed by atoms with Crippen LogP contribution in [-0.2, 0) is 0 Å². The van der Waals surface area contributed by atoms with Crippen molar-refractivity contribution in [2.45, 2.75) is 6.92 Å². The van der Waals surface area contributed by atoms with Crippen molar-refractivity contribution in [3.8, 4) is 0 Å². The molecule has 0 amide bonds. The molecule has 0 unspecified atom stereocenters. The van der Waals surface area contributed by atoms with E-state index in [4.69, 9.17) is 9.52 Å². The number of nitrogens with zero attached hydrogens (tertiary/aromatic N) is 1. The summed E-state index contributed by atoms with van der Waals surface area (Å²) in [6, 6.07) is 1.41. The summed E-state index contributed by atoms with van der Waals surface area (Å²) in [6.07, 6.45) is 0. The molecule has 12 heavy (non-hydrogen) atoms. The Morgan fingerprint density at radius 3 is 3.08 bits per heavy atom. The number of aromatic nitrogens is 2. The van der Waals surface area contributed by atoms with Crippen molar-refractivity contribution >= 4 is 17.2 Å². The summed E-state index contributed by atoms with van der Waals surface area (Å²) in [7, 11) is 0. The monoisotopic (exact) mass is 166 g/mol. The number of carboxylic acids is 1. The predicted octanol–water partition coefficient (Wildman–Crippen LogP) is 1.16. The minimum atomic E-state index is -1.01. The fourth-order valence-corrected chi connectivity index (χ4v) is 1.04. The van der Waals surface area contributed by atoms with E-state index < -0.39 is 5.97 Å². The van der Waals surface area contributed by atoms with E-state index in [9.17, 15) is 4.79 Å². The van der Waals surface area contributed by atoms with Crippen LogP contribution < -0.4 is 0 Å². The number of H-pyrrole nitrogens is 1. The van der Waals surface area contributed by atoms with Gasteiger partial charge in [0.1, 0.15) is 5.69 Å². The second kappa shape index (κ2) is 2.10. The lowest BCUT2D eigenvalue weighted by Gasteiger charge is -1.83. The molecule has 0 fully saturated rings. The molecule has 2 heterocycles. The maximum Gasteiger partial charge on any atom is 0.352 e. The average Bonchev–Trinajstić information content (AvgIpc) is 2.42. The minimum Gasteiger partial charge on any atom is -0.477 e. The van der Waals surface area contributed by atoms with Gasteiger partial charge >= 0.3 is 5.97 Å². The molecule has 2 aromatic rings. The first-order valence-corrected chi connectivity index (χ1v) is 3.36. The summed E-state index contributed by atoms with van der Waals surface area (Å²) >= 11 is 0. The molecule has 0 aromatic carbocycles. The Kier molecular flexibility index (Phi) is 1.21. The molecule has 0 spiro atoms. The highest BCUT2D eigenvalue weighted by atomic mass is 16.4. The molecule has 0 saturated carbocycles. The molecule has 0 saturated heterocycles. The fraction of sp³-hybridized carbons (Fsp3) is 0.143. The van der Waals surface area contributed by atoms with Crippen molar-refractivity contribution in [3.63, 3.8) is 0 Å². The van der Waals surface area contributed by atoms with Crippen molar-refractivity contribution in [3.05, 3.63) is 17.7 Å². The average molecular weight is 166 g/mol. The lowest BCUT2D eigenvalue weighted by molar-refractivity contribution is 0.0691. The molecule has 0 aliphatic carbocycles. The van der Waals surface area contributed by atoms with E-state index in [2.05, 4.69) is 9.97 Å². The molecule has 62 valence electrons. The third kappa shape index (κ3) is 0.868. The number of rotatable bonds is 1. The van der Waals surface area contributed by atoms with Gasteiger partial charge in [0.05, 0.1) is 0 Å². The fourth-order valence-electron chi connectivity index (χ4n) is 1.04. The molecule has 2 rings (SSSR count). The van der Waals surface area contributed by atoms with Gasteiger partial charge in [-0.3, -0.25) is 0 Å². The van der Waals surface area contributed by atoms with Crippen molar-refractivity contribution in [1.82, 2.24) is 9.97 Å². The highest BCUT2D eigenvalue weighted by molar-refractivity contribution is 5.90. The van der Waals surface area contributed by atoms with Crippen LogP contribution in [0.25, 0.3) is 11.2 Å². The van der Waals surface area contributed by atoms with E-state index in [0.29, 0.717) is 17.1 Å². The molecule has 0 atom stereocenters. The number of nitrogens with one attached hydrogen (secondary N) is 1. The Hall–Kier alpha value is -1.78. The highest BCUT2D eigenvalue weighted by Crippen LogP contribution is 2.15. The maximum atomic E-state index is 10.5. The molecular formula is C7H6N2O3. The summed E-state index contributed by atoms with van der Waals surface area (Å²) < 4.78 is 5.09. The molecule has 0 bridgehead atoms. The lowest BCUT2D eigenvalue weighted by Crippen LogP contribution is -1.95. The smallest absolute Gasteiger partial charge is 0.352 e.